The molecule has 1 saturated carbocycles. The summed E-state index contributed by atoms with van der Waals surface area (Å²) in [6, 6.07) is 0. The lowest BCUT2D eigenvalue weighted by molar-refractivity contribution is 0.0651. The van der Waals surface area contributed by atoms with E-state index in [9.17, 15) is 0 Å². The first-order valence-electron chi connectivity index (χ1n) is 5.60. The molecule has 0 radical (unpaired) electrons. The van der Waals surface area contributed by atoms with E-state index in [4.69, 9.17) is 5.11 Å². The number of aliphatic hydroxyl groups excluding tert-OH is 1. The highest BCUT2D eigenvalue weighted by Crippen LogP contribution is 2.45. The highest BCUT2D eigenvalue weighted by molar-refractivity contribution is 4.91. The van der Waals surface area contributed by atoms with E-state index in [0.717, 1.165) is 24.2 Å². The van der Waals surface area contributed by atoms with Gasteiger partial charge in [0, 0.05) is 19.7 Å². The summed E-state index contributed by atoms with van der Waals surface area (Å²) in [7, 11) is 2.20. The lowest BCUT2D eigenvalue weighted by Gasteiger charge is -2.41. The van der Waals surface area contributed by atoms with Crippen LogP contribution in [0.3, 0.4) is 0 Å². The van der Waals surface area contributed by atoms with Gasteiger partial charge < -0.3 is 10.0 Å². The van der Waals surface area contributed by atoms with Crippen molar-refractivity contribution in [3.8, 4) is 0 Å². The Balaban J connectivity index is 1.76. The van der Waals surface area contributed by atoms with E-state index < -0.39 is 0 Å². The molecule has 76 valence electrons. The van der Waals surface area contributed by atoms with Gasteiger partial charge in [-0.2, -0.15) is 0 Å². The maximum atomic E-state index is 8.83. The van der Waals surface area contributed by atoms with Gasteiger partial charge in [-0.1, -0.05) is 0 Å². The summed E-state index contributed by atoms with van der Waals surface area (Å²) in [5.41, 5.74) is 0. The summed E-state index contributed by atoms with van der Waals surface area (Å²) in [5.74, 6) is 2.90. The van der Waals surface area contributed by atoms with Gasteiger partial charge in [0.05, 0.1) is 0 Å². The SMILES string of the molecule is CN1CC(C(CCCO)C2CC2)C1. The zero-order valence-electron chi connectivity index (χ0n) is 8.58. The molecule has 1 heterocycles. The van der Waals surface area contributed by atoms with E-state index in [2.05, 4.69) is 11.9 Å². The van der Waals surface area contributed by atoms with Gasteiger partial charge in [-0.15, -0.1) is 0 Å². The van der Waals surface area contributed by atoms with Crippen molar-refractivity contribution in [2.45, 2.75) is 25.7 Å². The second kappa shape index (κ2) is 3.97. The Bertz CT molecular complexity index is 161. The largest absolute Gasteiger partial charge is 0.396 e. The number of aliphatic hydroxyl groups is 1. The van der Waals surface area contributed by atoms with Gasteiger partial charge >= 0.3 is 0 Å². The summed E-state index contributed by atoms with van der Waals surface area (Å²) in [6.07, 6.45) is 5.19. The Kier molecular flexibility index (Phi) is 2.89. The van der Waals surface area contributed by atoms with Crippen molar-refractivity contribution < 1.29 is 5.11 Å². The molecule has 2 nitrogen and oxygen atoms in total. The Morgan fingerprint density at radius 2 is 2.00 bits per heavy atom. The molecule has 1 saturated heterocycles. The first-order chi connectivity index (χ1) is 6.31. The molecular weight excluding hydrogens is 162 g/mol. The molecule has 1 aliphatic heterocycles. The van der Waals surface area contributed by atoms with Gasteiger partial charge in [0.2, 0.25) is 0 Å². The maximum absolute atomic E-state index is 8.83. The normalized spacial score (nSPS) is 27.2. The Morgan fingerprint density at radius 3 is 2.46 bits per heavy atom. The molecular formula is C11H21NO. The first kappa shape index (κ1) is 9.47. The fourth-order valence-electron chi connectivity index (χ4n) is 2.73. The van der Waals surface area contributed by atoms with Crippen LogP contribution in [-0.4, -0.2) is 36.8 Å². The third-order valence-electron chi connectivity index (χ3n) is 3.62. The molecule has 1 atom stereocenters. The van der Waals surface area contributed by atoms with Gasteiger partial charge in [-0.25, -0.2) is 0 Å². The van der Waals surface area contributed by atoms with E-state index in [-0.39, 0.29) is 0 Å². The van der Waals surface area contributed by atoms with E-state index in [0.29, 0.717) is 6.61 Å². The van der Waals surface area contributed by atoms with E-state index in [1.54, 1.807) is 0 Å². The standard InChI is InChI=1S/C11H21NO/c1-12-7-10(8-12)11(3-2-6-13)9-4-5-9/h9-11,13H,2-8H2,1H3. The smallest absolute Gasteiger partial charge is 0.0431 e. The fraction of sp³-hybridized carbons (Fsp3) is 1.00. The van der Waals surface area contributed by atoms with Crippen molar-refractivity contribution in [2.24, 2.45) is 17.8 Å². The molecule has 1 unspecified atom stereocenters. The van der Waals surface area contributed by atoms with Crippen molar-refractivity contribution in [3.05, 3.63) is 0 Å². The van der Waals surface area contributed by atoms with Crippen molar-refractivity contribution in [1.29, 1.82) is 0 Å². The summed E-state index contributed by atoms with van der Waals surface area (Å²) in [4.78, 5) is 2.40. The van der Waals surface area contributed by atoms with Crippen LogP contribution in [0.5, 0.6) is 0 Å². The summed E-state index contributed by atoms with van der Waals surface area (Å²) in [5, 5.41) is 8.83. The molecule has 2 fully saturated rings. The summed E-state index contributed by atoms with van der Waals surface area (Å²) < 4.78 is 0. The van der Waals surface area contributed by atoms with Crippen LogP contribution in [0.15, 0.2) is 0 Å². The van der Waals surface area contributed by atoms with Gasteiger partial charge in [0.1, 0.15) is 0 Å². The van der Waals surface area contributed by atoms with Crippen LogP contribution in [0, 0.1) is 17.8 Å². The molecule has 0 aromatic heterocycles. The van der Waals surface area contributed by atoms with Crippen LogP contribution < -0.4 is 0 Å². The Hall–Kier alpha value is -0.0800. The molecule has 0 spiro atoms. The fourth-order valence-corrected chi connectivity index (χ4v) is 2.73. The molecule has 0 aromatic rings. The third-order valence-corrected chi connectivity index (χ3v) is 3.62. The van der Waals surface area contributed by atoms with Gasteiger partial charge in [-0.05, 0) is 50.5 Å². The zero-order valence-corrected chi connectivity index (χ0v) is 8.58. The molecule has 0 amide bonds. The third kappa shape index (κ3) is 2.23. The molecule has 1 aliphatic carbocycles. The highest BCUT2D eigenvalue weighted by Gasteiger charge is 2.39. The van der Waals surface area contributed by atoms with Crippen molar-refractivity contribution >= 4 is 0 Å². The molecule has 13 heavy (non-hydrogen) atoms. The second-order valence-corrected chi connectivity index (χ2v) is 4.85. The first-order valence-corrected chi connectivity index (χ1v) is 5.60. The molecule has 0 bridgehead atoms. The van der Waals surface area contributed by atoms with Crippen LogP contribution in [0.25, 0.3) is 0 Å². The quantitative estimate of drug-likeness (QED) is 0.695. The van der Waals surface area contributed by atoms with Crippen molar-refractivity contribution in [2.75, 3.05) is 26.7 Å². The minimum absolute atomic E-state index is 0.381. The molecule has 2 rings (SSSR count). The highest BCUT2D eigenvalue weighted by atomic mass is 16.2. The Labute approximate surface area is 80.9 Å². The average Bonchev–Trinajstić information content (AvgIpc) is 2.85. The van der Waals surface area contributed by atoms with E-state index >= 15 is 0 Å². The summed E-state index contributed by atoms with van der Waals surface area (Å²) in [6.45, 7) is 2.98. The maximum Gasteiger partial charge on any atom is 0.0431 e. The van der Waals surface area contributed by atoms with Crippen LogP contribution in [0.2, 0.25) is 0 Å². The predicted octanol–water partition coefficient (Wildman–Crippen LogP) is 1.35. The number of hydrogen-bond donors (Lipinski definition) is 1. The topological polar surface area (TPSA) is 23.5 Å². The Morgan fingerprint density at radius 1 is 1.31 bits per heavy atom. The lowest BCUT2D eigenvalue weighted by atomic mass is 9.80. The monoisotopic (exact) mass is 183 g/mol. The summed E-state index contributed by atoms with van der Waals surface area (Å²) >= 11 is 0. The van der Waals surface area contributed by atoms with Crippen molar-refractivity contribution in [1.82, 2.24) is 4.90 Å². The van der Waals surface area contributed by atoms with Gasteiger partial charge in [0.25, 0.3) is 0 Å². The number of rotatable bonds is 5. The van der Waals surface area contributed by atoms with E-state index in [1.807, 2.05) is 0 Å². The molecule has 0 aromatic carbocycles. The molecule has 2 heteroatoms. The minimum atomic E-state index is 0.381. The zero-order chi connectivity index (χ0) is 9.26. The lowest BCUT2D eigenvalue weighted by Crippen LogP contribution is -2.47. The van der Waals surface area contributed by atoms with E-state index in [1.165, 1.54) is 32.4 Å². The second-order valence-electron chi connectivity index (χ2n) is 4.85. The van der Waals surface area contributed by atoms with Crippen LogP contribution in [0.1, 0.15) is 25.7 Å². The van der Waals surface area contributed by atoms with Crippen LogP contribution in [0.4, 0.5) is 0 Å². The number of hydrogen-bond acceptors (Lipinski definition) is 2. The van der Waals surface area contributed by atoms with Gasteiger partial charge in [0.15, 0.2) is 0 Å². The predicted molar refractivity (Wildman–Crippen MR) is 53.5 cm³/mol. The van der Waals surface area contributed by atoms with Gasteiger partial charge in [-0.3, -0.25) is 0 Å². The van der Waals surface area contributed by atoms with Crippen LogP contribution >= 0.6 is 0 Å². The minimum Gasteiger partial charge on any atom is -0.396 e. The van der Waals surface area contributed by atoms with Crippen molar-refractivity contribution in [3.63, 3.8) is 0 Å². The average molecular weight is 183 g/mol. The molecule has 2 aliphatic rings. The number of likely N-dealkylation sites (tertiary alicyclic amines) is 1. The number of nitrogens with zero attached hydrogens (tertiary/aromatic N) is 1. The van der Waals surface area contributed by atoms with Crippen LogP contribution in [-0.2, 0) is 0 Å². The molecule has 1 N–H and O–H groups in total.